The lowest BCUT2D eigenvalue weighted by atomic mass is 9.80. The van der Waals surface area contributed by atoms with Gasteiger partial charge in [-0.1, -0.05) is 51.8 Å². The van der Waals surface area contributed by atoms with Crippen LogP contribution in [0, 0.1) is 23.4 Å². The van der Waals surface area contributed by atoms with Crippen molar-refractivity contribution in [1.82, 2.24) is 4.98 Å². The number of hydrogen-bond donors (Lipinski definition) is 0. The lowest BCUT2D eigenvalue weighted by Crippen LogP contribution is -2.22. The van der Waals surface area contributed by atoms with Gasteiger partial charge in [0.25, 0.3) is 12.5 Å². The number of nitrogens with zero attached hydrogens (tertiary/aromatic N) is 1. The van der Waals surface area contributed by atoms with Gasteiger partial charge in [-0.2, -0.15) is 17.6 Å². The number of rotatable bonds is 8. The molecule has 2 aromatic carbocycles. The summed E-state index contributed by atoms with van der Waals surface area (Å²) in [6.07, 6.45) is -5.78. The lowest BCUT2D eigenvalue weighted by molar-refractivity contribution is -0.225. The zero-order chi connectivity index (χ0) is 31.9. The molecule has 0 N–H and O–H groups in total. The summed E-state index contributed by atoms with van der Waals surface area (Å²) in [7, 11) is 0. The van der Waals surface area contributed by atoms with Gasteiger partial charge < -0.3 is 4.74 Å². The largest absolute Gasteiger partial charge is 0.432 e. The first-order valence-electron chi connectivity index (χ1n) is 13.7. The smallest absolute Gasteiger partial charge is 0.429 e. The van der Waals surface area contributed by atoms with E-state index < -0.39 is 59.0 Å². The normalized spacial score (nSPS) is 17.3. The Bertz CT molecular complexity index is 1420. The first kappa shape index (κ1) is 33.7. The zero-order valence-corrected chi connectivity index (χ0v) is 23.6. The van der Waals surface area contributed by atoms with Gasteiger partial charge in [-0.15, -0.1) is 0 Å². The average molecular weight is 616 g/mol. The molecule has 0 unspecified atom stereocenters. The van der Waals surface area contributed by atoms with Crippen LogP contribution >= 0.6 is 0 Å². The number of hydrogen-bond acceptors (Lipinski definition) is 2. The highest BCUT2D eigenvalue weighted by atomic mass is 19.3. The highest BCUT2D eigenvalue weighted by Gasteiger charge is 2.42. The van der Waals surface area contributed by atoms with Crippen molar-refractivity contribution in [2.75, 3.05) is 0 Å². The van der Waals surface area contributed by atoms with Crippen LogP contribution in [-0.2, 0) is 10.8 Å². The van der Waals surface area contributed by atoms with Crippen molar-refractivity contribution in [3.05, 3.63) is 101 Å². The number of pyridine rings is 1. The van der Waals surface area contributed by atoms with E-state index in [0.717, 1.165) is 37.3 Å². The maximum atomic E-state index is 15.0. The van der Waals surface area contributed by atoms with Crippen molar-refractivity contribution >= 4 is 0 Å². The summed E-state index contributed by atoms with van der Waals surface area (Å²) in [4.78, 5) is 4.43. The summed E-state index contributed by atoms with van der Waals surface area (Å²) in [6.45, 7) is 6.22. The minimum absolute atomic E-state index is 0.323. The Morgan fingerprint density at radius 3 is 2.00 bits per heavy atom. The van der Waals surface area contributed by atoms with Crippen LogP contribution in [0.25, 0.3) is 22.4 Å². The van der Waals surface area contributed by atoms with Gasteiger partial charge in [-0.3, -0.25) is 4.98 Å². The highest BCUT2D eigenvalue weighted by molar-refractivity contribution is 5.70. The number of halogens is 9. The molecule has 11 heteroatoms. The molecule has 0 amide bonds. The van der Waals surface area contributed by atoms with E-state index in [2.05, 4.69) is 16.6 Å². The van der Waals surface area contributed by atoms with Crippen molar-refractivity contribution in [2.24, 2.45) is 5.92 Å². The summed E-state index contributed by atoms with van der Waals surface area (Å²) in [5.41, 5.74) is -0.874. The van der Waals surface area contributed by atoms with Crippen molar-refractivity contribution in [1.29, 1.82) is 0 Å². The van der Waals surface area contributed by atoms with Gasteiger partial charge >= 0.3 is 6.11 Å². The van der Waals surface area contributed by atoms with Gasteiger partial charge in [0.05, 0.1) is 5.69 Å². The molecule has 0 bridgehead atoms. The molecule has 0 atom stereocenters. The fraction of sp³-hybridized carbons (Fsp3) is 0.344. The SMILES string of the molecule is CC.CC1CCC(c2ccc(-c3ccc(-c4cc(F)c(C(F)(F)O/C(C=C(F)F)=C\C(F)F)c(F)c4)c(F)c3)nc2)CC1. The van der Waals surface area contributed by atoms with Gasteiger partial charge in [0, 0.05) is 29.5 Å². The molecule has 2 nitrogen and oxygen atoms in total. The number of benzene rings is 2. The van der Waals surface area contributed by atoms with E-state index in [-0.39, 0.29) is 11.6 Å². The van der Waals surface area contributed by atoms with Crippen LogP contribution in [0.4, 0.5) is 39.5 Å². The van der Waals surface area contributed by atoms with Crippen LogP contribution in [-0.4, -0.2) is 11.4 Å². The quantitative estimate of drug-likeness (QED) is 0.143. The summed E-state index contributed by atoms with van der Waals surface area (Å²) in [5.74, 6) is -5.35. The molecule has 0 aliphatic heterocycles. The van der Waals surface area contributed by atoms with E-state index in [9.17, 15) is 35.1 Å². The molecule has 1 heterocycles. The van der Waals surface area contributed by atoms with E-state index in [1.54, 1.807) is 12.3 Å². The van der Waals surface area contributed by atoms with Crippen molar-refractivity contribution in [3.63, 3.8) is 0 Å². The van der Waals surface area contributed by atoms with Crippen molar-refractivity contribution in [2.45, 2.75) is 64.9 Å². The predicted octanol–water partition coefficient (Wildman–Crippen LogP) is 11.1. The van der Waals surface area contributed by atoms with E-state index in [4.69, 9.17) is 0 Å². The Morgan fingerprint density at radius 1 is 0.884 bits per heavy atom. The fourth-order valence-electron chi connectivity index (χ4n) is 4.87. The Kier molecular flexibility index (Phi) is 11.5. The molecule has 43 heavy (non-hydrogen) atoms. The summed E-state index contributed by atoms with van der Waals surface area (Å²) in [6, 6.07) is 8.20. The van der Waals surface area contributed by atoms with Gasteiger partial charge in [0.2, 0.25) is 0 Å². The molecule has 232 valence electrons. The van der Waals surface area contributed by atoms with Gasteiger partial charge in [-0.05, 0) is 60.1 Å². The molecular weight excluding hydrogens is 585 g/mol. The van der Waals surface area contributed by atoms with Crippen LogP contribution in [0.3, 0.4) is 0 Å². The number of alkyl halides is 4. The Labute approximate surface area is 243 Å². The van der Waals surface area contributed by atoms with Crippen LogP contribution in [0.1, 0.15) is 63.5 Å². The molecule has 0 spiro atoms. The van der Waals surface area contributed by atoms with Gasteiger partial charge in [-0.25, -0.2) is 22.0 Å². The molecule has 1 aromatic heterocycles. The maximum absolute atomic E-state index is 15.0. The van der Waals surface area contributed by atoms with Crippen LogP contribution in [0.5, 0.6) is 0 Å². The lowest BCUT2D eigenvalue weighted by Gasteiger charge is -2.26. The molecule has 1 fully saturated rings. The summed E-state index contributed by atoms with van der Waals surface area (Å²) in [5, 5.41) is 0. The molecule has 1 aliphatic carbocycles. The third-order valence-electron chi connectivity index (χ3n) is 6.97. The van der Waals surface area contributed by atoms with Crippen molar-refractivity contribution in [3.8, 4) is 22.4 Å². The molecular formula is C32H30F9NO. The maximum Gasteiger partial charge on any atom is 0.432 e. The van der Waals surface area contributed by atoms with E-state index in [0.29, 0.717) is 35.2 Å². The standard InChI is InChI=1S/C30H24F9NO.C2H6/c1-16-2-4-17(5-3-16)19-7-9-26(40-15-19)18-6-8-22(23(31)10-18)20-11-24(32)29(25(33)12-20)30(38,39)41-21(13-27(34)35)14-28(36)37;1-2/h6-17,27H,2-5H2,1H3;1-2H3/b21-13-;. The number of allylic oxidation sites excluding steroid dienone is 2. The monoisotopic (exact) mass is 615 g/mol. The first-order chi connectivity index (χ1) is 20.3. The second-order valence-corrected chi connectivity index (χ2v) is 9.90. The Balaban J connectivity index is 0.00000248. The number of ether oxygens (including phenoxy) is 1. The second-order valence-electron chi connectivity index (χ2n) is 9.90. The number of aromatic nitrogens is 1. The summed E-state index contributed by atoms with van der Waals surface area (Å²) >= 11 is 0. The second kappa shape index (κ2) is 14.6. The fourth-order valence-corrected chi connectivity index (χ4v) is 4.87. The topological polar surface area (TPSA) is 22.1 Å². The van der Waals surface area contributed by atoms with Crippen LogP contribution in [0.2, 0.25) is 0 Å². The minimum atomic E-state index is -4.96. The third-order valence-corrected chi connectivity index (χ3v) is 6.97. The molecule has 0 radical (unpaired) electrons. The summed E-state index contributed by atoms with van der Waals surface area (Å²) < 4.78 is 127. The van der Waals surface area contributed by atoms with Gasteiger partial charge in [0.15, 0.2) is 0 Å². The van der Waals surface area contributed by atoms with Crippen LogP contribution in [0.15, 0.2) is 72.7 Å². The Hall–Kier alpha value is -3.76. The van der Waals surface area contributed by atoms with Crippen molar-refractivity contribution < 1.29 is 44.3 Å². The predicted molar refractivity (Wildman–Crippen MR) is 146 cm³/mol. The van der Waals surface area contributed by atoms with E-state index >= 15 is 4.39 Å². The van der Waals surface area contributed by atoms with E-state index in [1.165, 1.54) is 12.1 Å². The molecule has 1 saturated carbocycles. The first-order valence-corrected chi connectivity index (χ1v) is 13.7. The zero-order valence-electron chi connectivity index (χ0n) is 23.6. The Morgan fingerprint density at radius 2 is 1.49 bits per heavy atom. The van der Waals surface area contributed by atoms with E-state index in [1.807, 2.05) is 19.9 Å². The minimum Gasteiger partial charge on any atom is -0.429 e. The van der Waals surface area contributed by atoms with Gasteiger partial charge in [0.1, 0.15) is 28.8 Å². The highest BCUT2D eigenvalue weighted by Crippen LogP contribution is 2.39. The average Bonchev–Trinajstić information content (AvgIpc) is 2.93. The van der Waals surface area contributed by atoms with Crippen LogP contribution < -0.4 is 0 Å². The third kappa shape index (κ3) is 8.64. The molecule has 3 aromatic rings. The molecule has 1 aliphatic rings. The molecule has 4 rings (SSSR count). The molecule has 0 saturated heterocycles.